The average molecular weight is 345 g/mol. The first kappa shape index (κ1) is 15.8. The first-order chi connectivity index (χ1) is 11.2. The number of carbonyl (C=O) groups excluding carboxylic acids is 1. The number of nitrogens with one attached hydrogen (secondary N) is 2. The number of aryl methyl sites for hydroxylation is 1. The van der Waals surface area contributed by atoms with Crippen LogP contribution in [0.2, 0.25) is 0 Å². The number of carbonyl (C=O) groups is 1. The van der Waals surface area contributed by atoms with Crippen molar-refractivity contribution in [1.82, 2.24) is 9.97 Å². The van der Waals surface area contributed by atoms with Crippen LogP contribution in [0.5, 0.6) is 0 Å². The van der Waals surface area contributed by atoms with Crippen LogP contribution in [0.15, 0.2) is 45.7 Å². The SMILES string of the molecule is CCc1ccc(NC(=O)CSc2nc3ccsc3c(=O)[nH]2)cc1. The third kappa shape index (κ3) is 3.80. The van der Waals surface area contributed by atoms with Gasteiger partial charge in [-0.3, -0.25) is 9.59 Å². The molecule has 0 fully saturated rings. The second-order valence-electron chi connectivity index (χ2n) is 4.89. The number of thioether (sulfide) groups is 1. The molecule has 2 heterocycles. The Morgan fingerprint density at radius 3 is 2.83 bits per heavy atom. The van der Waals surface area contributed by atoms with Crippen molar-refractivity contribution < 1.29 is 4.79 Å². The second kappa shape index (κ2) is 6.97. The van der Waals surface area contributed by atoms with Crippen molar-refractivity contribution in [1.29, 1.82) is 0 Å². The van der Waals surface area contributed by atoms with Crippen molar-refractivity contribution in [2.75, 3.05) is 11.1 Å². The highest BCUT2D eigenvalue weighted by atomic mass is 32.2. The molecule has 1 aromatic carbocycles. The average Bonchev–Trinajstić information content (AvgIpc) is 3.03. The molecule has 2 aromatic heterocycles. The summed E-state index contributed by atoms with van der Waals surface area (Å²) in [4.78, 5) is 30.9. The molecular formula is C16H15N3O2S2. The Bertz CT molecular complexity index is 884. The predicted octanol–water partition coefficient (Wildman–Crippen LogP) is 3.28. The highest BCUT2D eigenvalue weighted by Gasteiger charge is 2.08. The van der Waals surface area contributed by atoms with Crippen LogP contribution in [0.3, 0.4) is 0 Å². The van der Waals surface area contributed by atoms with Crippen molar-refractivity contribution >= 4 is 44.9 Å². The van der Waals surface area contributed by atoms with Crippen molar-refractivity contribution in [2.45, 2.75) is 18.5 Å². The molecule has 7 heteroatoms. The van der Waals surface area contributed by atoms with Gasteiger partial charge in [-0.15, -0.1) is 11.3 Å². The number of fused-ring (bicyclic) bond motifs is 1. The molecule has 23 heavy (non-hydrogen) atoms. The van der Waals surface area contributed by atoms with Crippen molar-refractivity contribution in [3.8, 4) is 0 Å². The van der Waals surface area contributed by atoms with Crippen LogP contribution in [0.25, 0.3) is 10.2 Å². The number of aromatic nitrogens is 2. The summed E-state index contributed by atoms with van der Waals surface area (Å²) >= 11 is 2.57. The van der Waals surface area contributed by atoms with Gasteiger partial charge in [0.05, 0.1) is 11.3 Å². The third-order valence-electron chi connectivity index (χ3n) is 3.28. The predicted molar refractivity (Wildman–Crippen MR) is 95.4 cm³/mol. The van der Waals surface area contributed by atoms with Crippen LogP contribution in [0, 0.1) is 0 Å². The van der Waals surface area contributed by atoms with Gasteiger partial charge in [-0.1, -0.05) is 30.8 Å². The highest BCUT2D eigenvalue weighted by molar-refractivity contribution is 7.99. The summed E-state index contributed by atoms with van der Waals surface area (Å²) < 4.78 is 0.606. The number of benzene rings is 1. The number of aromatic amines is 1. The maximum absolute atomic E-state index is 12.0. The molecule has 0 radical (unpaired) electrons. The second-order valence-corrected chi connectivity index (χ2v) is 6.77. The summed E-state index contributed by atoms with van der Waals surface area (Å²) in [7, 11) is 0. The van der Waals surface area contributed by atoms with Crippen LogP contribution in [0.1, 0.15) is 12.5 Å². The number of hydrogen-bond acceptors (Lipinski definition) is 5. The zero-order chi connectivity index (χ0) is 16.2. The molecule has 0 aliphatic heterocycles. The smallest absolute Gasteiger partial charge is 0.269 e. The minimum Gasteiger partial charge on any atom is -0.325 e. The molecule has 0 unspecified atom stereocenters. The van der Waals surface area contributed by atoms with Gasteiger partial charge in [0, 0.05) is 5.69 Å². The maximum atomic E-state index is 12.0. The topological polar surface area (TPSA) is 74.8 Å². The fraction of sp³-hybridized carbons (Fsp3) is 0.188. The summed E-state index contributed by atoms with van der Waals surface area (Å²) in [6.45, 7) is 2.09. The first-order valence-corrected chi connectivity index (χ1v) is 9.01. The van der Waals surface area contributed by atoms with Gasteiger partial charge in [0.15, 0.2) is 5.16 Å². The Labute approximate surface area is 141 Å². The van der Waals surface area contributed by atoms with E-state index < -0.39 is 0 Å². The summed E-state index contributed by atoms with van der Waals surface area (Å²) in [5, 5.41) is 5.12. The van der Waals surface area contributed by atoms with Gasteiger partial charge in [-0.25, -0.2) is 4.98 Å². The first-order valence-electron chi connectivity index (χ1n) is 7.15. The molecule has 0 aliphatic rings. The normalized spacial score (nSPS) is 10.8. The van der Waals surface area contributed by atoms with E-state index in [1.807, 2.05) is 29.6 Å². The van der Waals surface area contributed by atoms with Crippen LogP contribution < -0.4 is 10.9 Å². The Morgan fingerprint density at radius 1 is 1.30 bits per heavy atom. The van der Waals surface area contributed by atoms with Gasteiger partial charge in [-0.05, 0) is 35.6 Å². The monoisotopic (exact) mass is 345 g/mol. The highest BCUT2D eigenvalue weighted by Crippen LogP contribution is 2.18. The van der Waals surface area contributed by atoms with E-state index >= 15 is 0 Å². The van der Waals surface area contributed by atoms with Gasteiger partial charge in [0.2, 0.25) is 5.91 Å². The van der Waals surface area contributed by atoms with E-state index in [9.17, 15) is 9.59 Å². The lowest BCUT2D eigenvalue weighted by Crippen LogP contribution is -2.15. The quantitative estimate of drug-likeness (QED) is 0.550. The molecule has 0 atom stereocenters. The van der Waals surface area contributed by atoms with Crippen LogP contribution >= 0.6 is 23.1 Å². The number of amides is 1. The van der Waals surface area contributed by atoms with Crippen molar-refractivity contribution in [2.24, 2.45) is 0 Å². The molecule has 0 spiro atoms. The number of nitrogens with zero attached hydrogens (tertiary/aromatic N) is 1. The lowest BCUT2D eigenvalue weighted by atomic mass is 10.1. The van der Waals surface area contributed by atoms with Gasteiger partial charge in [0.1, 0.15) is 4.70 Å². The van der Waals surface area contributed by atoms with E-state index in [2.05, 4.69) is 22.2 Å². The largest absolute Gasteiger partial charge is 0.325 e. The van der Waals surface area contributed by atoms with E-state index in [1.54, 1.807) is 6.07 Å². The fourth-order valence-corrected chi connectivity index (χ4v) is 3.47. The zero-order valence-corrected chi connectivity index (χ0v) is 14.1. The van der Waals surface area contributed by atoms with Gasteiger partial charge in [-0.2, -0.15) is 0 Å². The van der Waals surface area contributed by atoms with Gasteiger partial charge < -0.3 is 10.3 Å². The van der Waals surface area contributed by atoms with Gasteiger partial charge in [0.25, 0.3) is 5.56 Å². The Morgan fingerprint density at radius 2 is 2.09 bits per heavy atom. The lowest BCUT2D eigenvalue weighted by molar-refractivity contribution is -0.113. The Balaban J connectivity index is 1.62. The van der Waals surface area contributed by atoms with E-state index in [4.69, 9.17) is 0 Å². The number of thiophene rings is 1. The minimum absolute atomic E-state index is 0.132. The van der Waals surface area contributed by atoms with E-state index in [0.717, 1.165) is 12.1 Å². The molecule has 3 aromatic rings. The molecule has 3 rings (SSSR count). The molecule has 1 amide bonds. The summed E-state index contributed by atoms with van der Waals surface area (Å²) in [5.41, 5.74) is 2.49. The molecule has 0 saturated heterocycles. The molecule has 2 N–H and O–H groups in total. The van der Waals surface area contributed by atoms with E-state index in [-0.39, 0.29) is 17.2 Å². The molecule has 118 valence electrons. The molecule has 0 saturated carbocycles. The van der Waals surface area contributed by atoms with E-state index in [0.29, 0.717) is 15.4 Å². The number of hydrogen-bond donors (Lipinski definition) is 2. The number of H-pyrrole nitrogens is 1. The zero-order valence-electron chi connectivity index (χ0n) is 12.5. The van der Waals surface area contributed by atoms with Crippen LogP contribution in [-0.2, 0) is 11.2 Å². The molecule has 0 aliphatic carbocycles. The number of anilines is 1. The van der Waals surface area contributed by atoms with Gasteiger partial charge >= 0.3 is 0 Å². The summed E-state index contributed by atoms with van der Waals surface area (Å²) in [6.07, 6.45) is 0.966. The minimum atomic E-state index is -0.164. The third-order valence-corrected chi connectivity index (χ3v) is 5.05. The Kier molecular flexibility index (Phi) is 4.78. The molecule has 5 nitrogen and oxygen atoms in total. The summed E-state index contributed by atoms with van der Waals surface area (Å²) in [5.74, 6) is 0.0565. The van der Waals surface area contributed by atoms with Crippen LogP contribution in [0.4, 0.5) is 5.69 Å². The van der Waals surface area contributed by atoms with Crippen molar-refractivity contribution in [3.63, 3.8) is 0 Å². The lowest BCUT2D eigenvalue weighted by Gasteiger charge is -2.05. The fourth-order valence-electron chi connectivity index (χ4n) is 2.07. The maximum Gasteiger partial charge on any atom is 0.269 e. The molecule has 0 bridgehead atoms. The Hall–Kier alpha value is -2.12. The van der Waals surface area contributed by atoms with Crippen molar-refractivity contribution in [3.05, 3.63) is 51.6 Å². The number of rotatable bonds is 5. The molecular weight excluding hydrogens is 330 g/mol. The van der Waals surface area contributed by atoms with Crippen LogP contribution in [-0.4, -0.2) is 21.6 Å². The van der Waals surface area contributed by atoms with E-state index in [1.165, 1.54) is 28.7 Å². The summed E-state index contributed by atoms with van der Waals surface area (Å²) in [6, 6.07) is 9.56. The standard InChI is InChI=1S/C16H15N3O2S2/c1-2-10-3-5-11(6-4-10)17-13(20)9-23-16-18-12-7-8-22-14(12)15(21)19-16/h3-8H,2,9H2,1H3,(H,17,20)(H,18,19,21).